The minimum Gasteiger partial charge on any atom is -0.508 e. The lowest BCUT2D eigenvalue weighted by molar-refractivity contribution is -0.309. The second-order valence-electron chi connectivity index (χ2n) is 8.43. The summed E-state index contributed by atoms with van der Waals surface area (Å²) in [5, 5.41) is 9.54. The smallest absolute Gasteiger partial charge is 0.423 e. The average Bonchev–Trinajstić information content (AvgIpc) is 2.59. The molecule has 1 aromatic rings. The molecule has 5 atom stereocenters. The zero-order valence-electron chi connectivity index (χ0n) is 15.4. The largest absolute Gasteiger partial charge is 0.508 e. The Hall–Kier alpha value is -1.20. The van der Waals surface area contributed by atoms with E-state index in [1.165, 1.54) is 11.6 Å². The quantitative estimate of drug-likeness (QED) is 0.633. The minimum atomic E-state index is -4.58. The van der Waals surface area contributed by atoms with Crippen LogP contribution in [0.4, 0.5) is 13.2 Å². The topological polar surface area (TPSA) is 29.5 Å². The number of hydrogen-bond donors (Lipinski definition) is 1. The monoisotopic (exact) mass is 400 g/mol. The fourth-order valence-corrected chi connectivity index (χ4v) is 6.80. The normalized spacial score (nSPS) is 38.4. The van der Waals surface area contributed by atoms with Crippen molar-refractivity contribution in [2.75, 3.05) is 7.11 Å². The van der Waals surface area contributed by atoms with Crippen LogP contribution in [0.2, 0.25) is 0 Å². The van der Waals surface area contributed by atoms with E-state index in [2.05, 4.69) is 0 Å². The van der Waals surface area contributed by atoms with Crippen molar-refractivity contribution in [3.8, 4) is 5.75 Å². The second kappa shape index (κ2) is 6.15. The van der Waals surface area contributed by atoms with Crippen LogP contribution in [0.1, 0.15) is 49.7 Å². The number of alkyl halides is 3. The van der Waals surface area contributed by atoms with Crippen LogP contribution in [0.3, 0.4) is 0 Å². The number of halogens is 4. The van der Waals surface area contributed by atoms with Gasteiger partial charge in [-0.25, -0.2) is 0 Å². The van der Waals surface area contributed by atoms with Gasteiger partial charge in [0, 0.05) is 12.5 Å². The third kappa shape index (κ3) is 2.43. The third-order valence-corrected chi connectivity index (χ3v) is 7.92. The van der Waals surface area contributed by atoms with Gasteiger partial charge < -0.3 is 9.84 Å². The maximum Gasteiger partial charge on any atom is 0.423 e. The summed E-state index contributed by atoms with van der Waals surface area (Å²) in [4.78, 5) is 0. The molecule has 0 heterocycles. The molecular formula is C21H24ClF3O2. The number of aromatic hydroxyl groups is 1. The maximum absolute atomic E-state index is 14.3. The molecule has 0 aromatic heterocycles. The fraction of sp³-hybridized carbons (Fsp3) is 0.619. The molecule has 27 heavy (non-hydrogen) atoms. The maximum atomic E-state index is 14.3. The number of rotatable bonds is 1. The van der Waals surface area contributed by atoms with Crippen LogP contribution >= 0.6 is 11.6 Å². The van der Waals surface area contributed by atoms with Crippen molar-refractivity contribution in [3.05, 3.63) is 40.4 Å². The molecule has 1 fully saturated rings. The van der Waals surface area contributed by atoms with Crippen LogP contribution in [-0.4, -0.2) is 24.0 Å². The predicted molar refractivity (Wildman–Crippen MR) is 97.8 cm³/mol. The van der Waals surface area contributed by atoms with Gasteiger partial charge in [0.1, 0.15) is 5.75 Å². The lowest BCUT2D eigenvalue weighted by Gasteiger charge is -2.60. The lowest BCUT2D eigenvalue weighted by atomic mass is 9.47. The number of allylic oxidation sites excluding steroid dienone is 1. The van der Waals surface area contributed by atoms with E-state index in [1.807, 2.05) is 6.07 Å². The van der Waals surface area contributed by atoms with Crippen molar-refractivity contribution in [1.82, 2.24) is 0 Å². The first kappa shape index (κ1) is 19.1. The zero-order valence-corrected chi connectivity index (χ0v) is 16.2. The number of aryl methyl sites for hydroxylation is 1. The summed E-state index contributed by atoms with van der Waals surface area (Å²) in [7, 11) is 1.13. The van der Waals surface area contributed by atoms with Crippen molar-refractivity contribution in [1.29, 1.82) is 0 Å². The molecule has 3 aliphatic carbocycles. The summed E-state index contributed by atoms with van der Waals surface area (Å²) in [5.41, 5.74) is -1.23. The first-order valence-corrected chi connectivity index (χ1v) is 9.83. The van der Waals surface area contributed by atoms with Crippen LogP contribution in [0.25, 0.3) is 0 Å². The molecule has 148 valence electrons. The summed E-state index contributed by atoms with van der Waals surface area (Å²) in [6.07, 6.45) is 0.168. The Morgan fingerprint density at radius 2 is 2.00 bits per heavy atom. The Balaban J connectivity index is 1.80. The number of phenols is 1. The highest BCUT2D eigenvalue weighted by molar-refractivity contribution is 6.31. The molecule has 0 radical (unpaired) electrons. The molecule has 0 amide bonds. The molecule has 3 aliphatic rings. The van der Waals surface area contributed by atoms with Gasteiger partial charge in [0.25, 0.3) is 0 Å². The second-order valence-corrected chi connectivity index (χ2v) is 8.83. The molecule has 1 aromatic carbocycles. The molecule has 0 spiro atoms. The summed E-state index contributed by atoms with van der Waals surface area (Å²) in [5.74, 6) is 0.470. The summed E-state index contributed by atoms with van der Waals surface area (Å²) in [6, 6.07) is 5.43. The van der Waals surface area contributed by atoms with E-state index in [-0.39, 0.29) is 28.5 Å². The van der Waals surface area contributed by atoms with Crippen molar-refractivity contribution in [2.45, 2.75) is 56.7 Å². The number of phenolic OH excluding ortho intramolecular Hbond substituents is 1. The predicted octanol–water partition coefficient (Wildman–Crippen LogP) is 5.93. The molecular weight excluding hydrogens is 377 g/mol. The van der Waals surface area contributed by atoms with Gasteiger partial charge in [-0.15, -0.1) is 0 Å². The van der Waals surface area contributed by atoms with Gasteiger partial charge in [0.05, 0.1) is 5.03 Å². The average molecular weight is 401 g/mol. The number of hydrogen-bond acceptors (Lipinski definition) is 2. The van der Waals surface area contributed by atoms with Crippen LogP contribution in [0.15, 0.2) is 29.3 Å². The standard InChI is InChI=1S/C21H24ClF3O2/c1-19-10-9-15-14-6-4-13(26)11-12(14)3-5-16(15)17(19)7-8-18(22)20(19,27-2)21(23,24)25/h4,6,8,11,15-17,26H,3,5,7,9-10H2,1-2H3/t15-,16-,17+,19+,20+/m1/s1. The van der Waals surface area contributed by atoms with Crippen molar-refractivity contribution >= 4 is 11.6 Å². The molecule has 4 rings (SSSR count). The van der Waals surface area contributed by atoms with Crippen LogP contribution < -0.4 is 0 Å². The van der Waals surface area contributed by atoms with Crippen molar-refractivity contribution < 1.29 is 23.0 Å². The minimum absolute atomic E-state index is 0.151. The van der Waals surface area contributed by atoms with Crippen LogP contribution in [-0.2, 0) is 11.2 Å². The van der Waals surface area contributed by atoms with E-state index in [4.69, 9.17) is 16.3 Å². The number of benzene rings is 1. The molecule has 6 heteroatoms. The molecule has 0 bridgehead atoms. The highest BCUT2D eigenvalue weighted by Gasteiger charge is 2.72. The Morgan fingerprint density at radius 3 is 2.67 bits per heavy atom. The molecule has 1 N–H and O–H groups in total. The summed E-state index contributed by atoms with van der Waals surface area (Å²) >= 11 is 6.20. The Kier molecular flexibility index (Phi) is 4.36. The summed E-state index contributed by atoms with van der Waals surface area (Å²) in [6.45, 7) is 1.71. The molecule has 0 unspecified atom stereocenters. The Labute approximate surface area is 162 Å². The van der Waals surface area contributed by atoms with Crippen molar-refractivity contribution in [3.63, 3.8) is 0 Å². The van der Waals surface area contributed by atoms with E-state index in [1.54, 1.807) is 19.1 Å². The van der Waals surface area contributed by atoms with E-state index in [9.17, 15) is 18.3 Å². The van der Waals surface area contributed by atoms with Gasteiger partial charge in [-0.3, -0.25) is 0 Å². The summed E-state index contributed by atoms with van der Waals surface area (Å²) < 4.78 is 48.1. The van der Waals surface area contributed by atoms with Gasteiger partial charge in [0.15, 0.2) is 0 Å². The SMILES string of the molecule is CO[C@@]1(C(F)(F)F)C(Cl)=CC[C@H]2[C@@H]3CCc4cc(O)ccc4[C@H]3CC[C@@]21C. The van der Waals surface area contributed by atoms with E-state index < -0.39 is 17.2 Å². The lowest BCUT2D eigenvalue weighted by Crippen LogP contribution is -2.65. The van der Waals surface area contributed by atoms with Crippen LogP contribution in [0.5, 0.6) is 5.75 Å². The molecule has 1 saturated carbocycles. The van der Waals surface area contributed by atoms with E-state index in [0.29, 0.717) is 19.3 Å². The Bertz CT molecular complexity index is 790. The molecule has 0 aliphatic heterocycles. The van der Waals surface area contributed by atoms with Crippen LogP contribution in [0, 0.1) is 17.3 Å². The van der Waals surface area contributed by atoms with Crippen molar-refractivity contribution in [2.24, 2.45) is 17.3 Å². The Morgan fingerprint density at radius 1 is 1.26 bits per heavy atom. The highest BCUT2D eigenvalue weighted by atomic mass is 35.5. The van der Waals surface area contributed by atoms with Gasteiger partial charge in [0.2, 0.25) is 5.60 Å². The van der Waals surface area contributed by atoms with Gasteiger partial charge in [-0.2, -0.15) is 13.2 Å². The van der Waals surface area contributed by atoms with Gasteiger partial charge in [-0.1, -0.05) is 30.7 Å². The first-order valence-electron chi connectivity index (χ1n) is 9.45. The number of fused-ring (bicyclic) bond motifs is 5. The molecule has 2 nitrogen and oxygen atoms in total. The molecule has 0 saturated heterocycles. The third-order valence-electron chi connectivity index (χ3n) is 7.50. The van der Waals surface area contributed by atoms with E-state index >= 15 is 0 Å². The number of ether oxygens (including phenoxy) is 1. The first-order chi connectivity index (χ1) is 12.7. The van der Waals surface area contributed by atoms with Gasteiger partial charge >= 0.3 is 6.18 Å². The highest BCUT2D eigenvalue weighted by Crippen LogP contribution is 2.67. The number of methoxy groups -OCH3 is 1. The van der Waals surface area contributed by atoms with Gasteiger partial charge in [-0.05, 0) is 73.1 Å². The van der Waals surface area contributed by atoms with E-state index in [0.717, 1.165) is 25.5 Å². The zero-order chi connectivity index (χ0) is 19.6. The fourth-order valence-electron chi connectivity index (χ4n) is 6.31.